The predicted octanol–water partition coefficient (Wildman–Crippen LogP) is 0.217. The lowest BCUT2D eigenvalue weighted by atomic mass is 10.4. The number of guanidine groups is 1. The second-order valence-electron chi connectivity index (χ2n) is 4.95. The number of halogens is 1. The summed E-state index contributed by atoms with van der Waals surface area (Å²) in [5.41, 5.74) is 0. The number of likely N-dealkylation sites (tertiary alicyclic amines) is 1. The van der Waals surface area contributed by atoms with Gasteiger partial charge in [-0.1, -0.05) is 6.92 Å². The van der Waals surface area contributed by atoms with Crippen molar-refractivity contribution in [1.82, 2.24) is 15.5 Å². The third kappa shape index (κ3) is 8.16. The molecule has 1 aliphatic rings. The zero-order valence-corrected chi connectivity index (χ0v) is 16.4. The summed E-state index contributed by atoms with van der Waals surface area (Å²) in [6, 6.07) is 0. The van der Waals surface area contributed by atoms with Crippen LogP contribution in [0.2, 0.25) is 0 Å². The van der Waals surface area contributed by atoms with E-state index in [0.717, 1.165) is 25.9 Å². The van der Waals surface area contributed by atoms with Gasteiger partial charge in [0.15, 0.2) is 15.8 Å². The van der Waals surface area contributed by atoms with Crippen molar-refractivity contribution in [3.05, 3.63) is 0 Å². The van der Waals surface area contributed by atoms with Crippen LogP contribution in [0.3, 0.4) is 0 Å². The van der Waals surface area contributed by atoms with Gasteiger partial charge < -0.3 is 15.5 Å². The molecule has 0 atom stereocenters. The van der Waals surface area contributed by atoms with E-state index < -0.39 is 9.84 Å². The monoisotopic (exact) mass is 446 g/mol. The van der Waals surface area contributed by atoms with Gasteiger partial charge in [0.05, 0.1) is 5.75 Å². The predicted molar refractivity (Wildman–Crippen MR) is 99.5 cm³/mol. The smallest absolute Gasteiger partial charge is 0.244 e. The molecule has 9 heteroatoms. The maximum atomic E-state index is 11.9. The van der Waals surface area contributed by atoms with Crippen molar-refractivity contribution in [2.75, 3.05) is 44.2 Å². The molecule has 1 saturated heterocycles. The molecule has 0 aromatic rings. The van der Waals surface area contributed by atoms with E-state index in [1.54, 1.807) is 6.92 Å². The Morgan fingerprint density at radius 3 is 2.36 bits per heavy atom. The molecule has 22 heavy (non-hydrogen) atoms. The summed E-state index contributed by atoms with van der Waals surface area (Å²) in [6.45, 7) is 6.21. The molecule has 0 spiro atoms. The van der Waals surface area contributed by atoms with Crippen molar-refractivity contribution < 1.29 is 13.2 Å². The normalized spacial score (nSPS) is 15.4. The fourth-order valence-corrected chi connectivity index (χ4v) is 2.73. The van der Waals surface area contributed by atoms with Crippen molar-refractivity contribution in [3.63, 3.8) is 0 Å². The van der Waals surface area contributed by atoms with E-state index in [-0.39, 0.29) is 47.9 Å². The summed E-state index contributed by atoms with van der Waals surface area (Å²) in [7, 11) is -2.99. The lowest BCUT2D eigenvalue weighted by molar-refractivity contribution is -0.128. The van der Waals surface area contributed by atoms with Gasteiger partial charge in [0.25, 0.3) is 0 Å². The molecule has 0 bridgehead atoms. The maximum Gasteiger partial charge on any atom is 0.244 e. The van der Waals surface area contributed by atoms with Crippen LogP contribution in [0.15, 0.2) is 4.99 Å². The average Bonchev–Trinajstić information content (AvgIpc) is 2.98. The minimum atomic E-state index is -2.99. The Labute approximate surface area is 150 Å². The summed E-state index contributed by atoms with van der Waals surface area (Å²) in [4.78, 5) is 17.9. The van der Waals surface area contributed by atoms with E-state index in [0.29, 0.717) is 19.0 Å². The van der Waals surface area contributed by atoms with Crippen LogP contribution in [0.25, 0.3) is 0 Å². The van der Waals surface area contributed by atoms with Crippen LogP contribution in [0.5, 0.6) is 0 Å². The minimum absolute atomic E-state index is 0. The van der Waals surface area contributed by atoms with Crippen LogP contribution in [-0.2, 0) is 14.6 Å². The quantitative estimate of drug-likeness (QED) is 0.332. The van der Waals surface area contributed by atoms with Gasteiger partial charge in [-0.3, -0.25) is 4.79 Å². The highest BCUT2D eigenvalue weighted by Crippen LogP contribution is 2.07. The van der Waals surface area contributed by atoms with Crippen LogP contribution in [0.1, 0.15) is 26.7 Å². The van der Waals surface area contributed by atoms with Crippen molar-refractivity contribution in [1.29, 1.82) is 0 Å². The van der Waals surface area contributed by atoms with Crippen LogP contribution in [0, 0.1) is 0 Å². The Bertz CT molecular complexity index is 462. The fraction of sp³-hybridized carbons (Fsp3) is 0.846. The number of nitrogens with one attached hydrogen (secondary N) is 2. The Morgan fingerprint density at radius 2 is 1.82 bits per heavy atom. The zero-order chi connectivity index (χ0) is 15.7. The van der Waals surface area contributed by atoms with E-state index in [9.17, 15) is 13.2 Å². The number of carbonyl (C=O) groups is 1. The molecule has 2 N–H and O–H groups in total. The molecular weight excluding hydrogens is 419 g/mol. The molecule has 7 nitrogen and oxygen atoms in total. The number of rotatable bonds is 7. The lowest BCUT2D eigenvalue weighted by Gasteiger charge is -2.15. The van der Waals surface area contributed by atoms with Crippen LogP contribution in [0.4, 0.5) is 0 Å². The number of hydrogen-bond acceptors (Lipinski definition) is 4. The average molecular weight is 446 g/mol. The third-order valence-electron chi connectivity index (χ3n) is 3.32. The molecular formula is C13H27IN4O3S. The molecule has 1 amide bonds. The maximum absolute atomic E-state index is 11.9. The molecule has 0 radical (unpaired) electrons. The van der Waals surface area contributed by atoms with Gasteiger partial charge in [-0.2, -0.15) is 0 Å². The van der Waals surface area contributed by atoms with Gasteiger partial charge in [0, 0.05) is 31.9 Å². The van der Waals surface area contributed by atoms with Crippen molar-refractivity contribution in [3.8, 4) is 0 Å². The fourth-order valence-electron chi connectivity index (χ4n) is 2.02. The Hall–Kier alpha value is -0.580. The first-order valence-electron chi connectivity index (χ1n) is 7.49. The van der Waals surface area contributed by atoms with Crippen molar-refractivity contribution in [2.45, 2.75) is 26.7 Å². The number of sulfone groups is 1. The summed E-state index contributed by atoms with van der Waals surface area (Å²) >= 11 is 0. The number of nitrogens with zero attached hydrogens (tertiary/aromatic N) is 2. The van der Waals surface area contributed by atoms with E-state index >= 15 is 0 Å². The molecule has 1 aliphatic heterocycles. The number of carbonyl (C=O) groups excluding carboxylic acids is 1. The van der Waals surface area contributed by atoms with Crippen LogP contribution in [-0.4, -0.2) is 69.4 Å². The molecule has 0 saturated carbocycles. The number of aliphatic imine (C=N–C) groups is 1. The van der Waals surface area contributed by atoms with Gasteiger partial charge in [0.1, 0.15) is 6.54 Å². The summed E-state index contributed by atoms with van der Waals surface area (Å²) in [5, 5.41) is 5.95. The summed E-state index contributed by atoms with van der Waals surface area (Å²) in [5.74, 6) is 0.700. The van der Waals surface area contributed by atoms with Crippen LogP contribution < -0.4 is 10.6 Å². The van der Waals surface area contributed by atoms with Crippen molar-refractivity contribution in [2.24, 2.45) is 4.99 Å². The van der Waals surface area contributed by atoms with Gasteiger partial charge in [0.2, 0.25) is 5.91 Å². The first-order valence-corrected chi connectivity index (χ1v) is 9.31. The molecule has 0 aliphatic carbocycles. The van der Waals surface area contributed by atoms with E-state index in [2.05, 4.69) is 15.6 Å². The SMILES string of the molecule is CCNC(=NCC(=O)N1CCCC1)NCCS(=O)(=O)CC.I. The second-order valence-corrected chi connectivity index (χ2v) is 7.42. The highest BCUT2D eigenvalue weighted by atomic mass is 127. The topological polar surface area (TPSA) is 90.9 Å². The largest absolute Gasteiger partial charge is 0.357 e. The Balaban J connectivity index is 0.00000441. The van der Waals surface area contributed by atoms with Gasteiger partial charge in [-0.25, -0.2) is 13.4 Å². The molecule has 130 valence electrons. The third-order valence-corrected chi connectivity index (χ3v) is 5.03. The minimum Gasteiger partial charge on any atom is -0.357 e. The molecule has 1 rings (SSSR count). The lowest BCUT2D eigenvalue weighted by Crippen LogP contribution is -2.40. The number of hydrogen-bond donors (Lipinski definition) is 2. The molecule has 1 heterocycles. The van der Waals surface area contributed by atoms with Gasteiger partial charge >= 0.3 is 0 Å². The van der Waals surface area contributed by atoms with Crippen LogP contribution >= 0.6 is 24.0 Å². The Kier molecular flexibility index (Phi) is 10.7. The molecule has 0 aromatic heterocycles. The summed E-state index contributed by atoms with van der Waals surface area (Å²) in [6.07, 6.45) is 2.12. The standard InChI is InChI=1S/C13H26N4O3S.HI/c1-3-14-13(15-7-10-21(19,20)4-2)16-11-12(18)17-8-5-6-9-17;/h3-11H2,1-2H3,(H2,14,15,16);1H. The second kappa shape index (κ2) is 11.0. The highest BCUT2D eigenvalue weighted by molar-refractivity contribution is 14.0. The first kappa shape index (κ1) is 21.4. The highest BCUT2D eigenvalue weighted by Gasteiger charge is 2.17. The summed E-state index contributed by atoms with van der Waals surface area (Å²) < 4.78 is 22.8. The zero-order valence-electron chi connectivity index (χ0n) is 13.3. The molecule has 1 fully saturated rings. The van der Waals surface area contributed by atoms with E-state index in [4.69, 9.17) is 0 Å². The van der Waals surface area contributed by atoms with Crippen molar-refractivity contribution >= 4 is 45.7 Å². The first-order chi connectivity index (χ1) is 9.98. The van der Waals surface area contributed by atoms with Gasteiger partial charge in [-0.05, 0) is 19.8 Å². The molecule has 0 aromatic carbocycles. The van der Waals surface area contributed by atoms with Gasteiger partial charge in [-0.15, -0.1) is 24.0 Å². The molecule has 0 unspecified atom stereocenters. The Morgan fingerprint density at radius 1 is 1.18 bits per heavy atom. The van der Waals surface area contributed by atoms with E-state index in [1.807, 2.05) is 11.8 Å². The van der Waals surface area contributed by atoms with E-state index in [1.165, 1.54) is 0 Å². The number of amides is 1.